The summed E-state index contributed by atoms with van der Waals surface area (Å²) in [5, 5.41) is 0. The lowest BCUT2D eigenvalue weighted by molar-refractivity contribution is -0.148. The molecule has 0 fully saturated rings. The van der Waals surface area contributed by atoms with E-state index in [4.69, 9.17) is 25.7 Å². The number of carbonyl (C=O) groups excluding carboxylic acids is 1. The van der Waals surface area contributed by atoms with Gasteiger partial charge < -0.3 is 25.7 Å². The number of nitrogen functional groups attached to an aromatic ring is 2. The Morgan fingerprint density at radius 3 is 2.46 bits per heavy atom. The van der Waals surface area contributed by atoms with Gasteiger partial charge in [-0.25, -0.2) is 9.78 Å². The summed E-state index contributed by atoms with van der Waals surface area (Å²) >= 11 is 0. The predicted octanol–water partition coefficient (Wildman–Crippen LogP) is 2.60. The van der Waals surface area contributed by atoms with Crippen LogP contribution in [-0.4, -0.2) is 35.8 Å². The highest BCUT2D eigenvalue weighted by atomic mass is 16.6. The van der Waals surface area contributed by atoms with Crippen molar-refractivity contribution < 1.29 is 19.0 Å². The van der Waals surface area contributed by atoms with Crippen molar-refractivity contribution >= 4 is 23.8 Å². The van der Waals surface area contributed by atoms with Crippen LogP contribution >= 0.6 is 0 Å². The summed E-state index contributed by atoms with van der Waals surface area (Å²) in [7, 11) is 3.08. The second kappa shape index (κ2) is 8.60. The molecule has 0 radical (unpaired) electrons. The molecular weight excluding hydrogens is 360 g/mol. The van der Waals surface area contributed by atoms with Crippen LogP contribution in [0.4, 0.5) is 11.8 Å². The number of methoxy groups -OCH3 is 2. The van der Waals surface area contributed by atoms with Gasteiger partial charge in [-0.15, -0.1) is 0 Å². The lowest BCUT2D eigenvalue weighted by Crippen LogP contribution is -2.22. The maximum absolute atomic E-state index is 12.0. The topological polar surface area (TPSA) is 123 Å². The molecule has 1 aromatic heterocycles. The minimum absolute atomic E-state index is 0.120. The lowest BCUT2D eigenvalue weighted by Gasteiger charge is -2.18. The third-order valence-corrected chi connectivity index (χ3v) is 3.68. The average Bonchev–Trinajstić information content (AvgIpc) is 2.60. The standard InChI is InChI=1S/C20H26N4O4/c1-20(2,3)28-16(25)7-6-13-8-12(10-15(26-4)17(13)27-5)9-14-11-23-19(22)24-18(14)21/h6-8,10-11H,9H2,1-5H3,(H4,21,22,23,24). The Balaban J connectivity index is 2.38. The molecule has 0 aliphatic carbocycles. The first-order valence-corrected chi connectivity index (χ1v) is 8.65. The molecule has 8 heteroatoms. The lowest BCUT2D eigenvalue weighted by atomic mass is 10.0. The highest BCUT2D eigenvalue weighted by Crippen LogP contribution is 2.34. The number of nitrogens with two attached hydrogens (primary N) is 2. The second-order valence-electron chi connectivity index (χ2n) is 7.10. The number of anilines is 2. The number of carbonyl (C=O) groups is 1. The fourth-order valence-electron chi connectivity index (χ4n) is 2.56. The van der Waals surface area contributed by atoms with Gasteiger partial charge in [0, 0.05) is 29.8 Å². The van der Waals surface area contributed by atoms with Crippen LogP contribution < -0.4 is 20.9 Å². The molecule has 0 saturated carbocycles. The fourth-order valence-corrected chi connectivity index (χ4v) is 2.56. The van der Waals surface area contributed by atoms with Crippen molar-refractivity contribution in [2.45, 2.75) is 32.8 Å². The summed E-state index contributed by atoms with van der Waals surface area (Å²) in [6.45, 7) is 5.42. The second-order valence-corrected chi connectivity index (χ2v) is 7.10. The van der Waals surface area contributed by atoms with Crippen molar-refractivity contribution in [1.82, 2.24) is 9.97 Å². The molecule has 2 rings (SSSR count). The maximum Gasteiger partial charge on any atom is 0.331 e. The fraction of sp³-hybridized carbons (Fsp3) is 0.350. The van der Waals surface area contributed by atoms with Gasteiger partial charge in [0.15, 0.2) is 11.5 Å². The van der Waals surface area contributed by atoms with Crippen molar-refractivity contribution in [2.75, 3.05) is 25.7 Å². The first-order valence-electron chi connectivity index (χ1n) is 8.65. The van der Waals surface area contributed by atoms with E-state index in [0.29, 0.717) is 29.3 Å². The van der Waals surface area contributed by atoms with E-state index < -0.39 is 11.6 Å². The number of ether oxygens (including phenoxy) is 3. The summed E-state index contributed by atoms with van der Waals surface area (Å²) in [5.74, 6) is 1.02. The summed E-state index contributed by atoms with van der Waals surface area (Å²) in [6, 6.07) is 3.71. The Bertz CT molecular complexity index is 889. The molecular formula is C20H26N4O4. The van der Waals surface area contributed by atoms with Crippen LogP contribution in [0.1, 0.15) is 37.5 Å². The monoisotopic (exact) mass is 386 g/mol. The molecule has 1 heterocycles. The maximum atomic E-state index is 12.0. The number of hydrogen-bond acceptors (Lipinski definition) is 8. The zero-order valence-electron chi connectivity index (χ0n) is 16.8. The van der Waals surface area contributed by atoms with Crippen molar-refractivity contribution in [3.8, 4) is 11.5 Å². The van der Waals surface area contributed by atoms with Gasteiger partial charge in [0.25, 0.3) is 0 Å². The van der Waals surface area contributed by atoms with Gasteiger partial charge in [0.2, 0.25) is 5.95 Å². The number of aromatic nitrogens is 2. The van der Waals surface area contributed by atoms with E-state index in [2.05, 4.69) is 9.97 Å². The number of benzene rings is 1. The van der Waals surface area contributed by atoms with Crippen LogP contribution in [-0.2, 0) is 16.0 Å². The Morgan fingerprint density at radius 1 is 1.18 bits per heavy atom. The molecule has 0 saturated heterocycles. The van der Waals surface area contributed by atoms with Gasteiger partial charge in [0.05, 0.1) is 14.2 Å². The van der Waals surface area contributed by atoms with Gasteiger partial charge in [-0.1, -0.05) is 0 Å². The summed E-state index contributed by atoms with van der Waals surface area (Å²) in [5.41, 5.74) is 13.2. The molecule has 4 N–H and O–H groups in total. The van der Waals surface area contributed by atoms with E-state index in [1.165, 1.54) is 13.2 Å². The van der Waals surface area contributed by atoms with E-state index >= 15 is 0 Å². The summed E-state index contributed by atoms with van der Waals surface area (Å²) in [6.07, 6.45) is 5.03. The molecule has 0 spiro atoms. The van der Waals surface area contributed by atoms with E-state index in [0.717, 1.165) is 11.1 Å². The molecule has 0 bridgehead atoms. The molecule has 1 aromatic carbocycles. The zero-order chi connectivity index (χ0) is 20.9. The third-order valence-electron chi connectivity index (χ3n) is 3.68. The normalized spacial score (nSPS) is 11.5. The number of esters is 1. The van der Waals surface area contributed by atoms with E-state index in [1.807, 2.05) is 32.9 Å². The Kier molecular flexibility index (Phi) is 6.45. The molecule has 2 aromatic rings. The molecule has 0 atom stereocenters. The number of hydrogen-bond donors (Lipinski definition) is 2. The van der Waals surface area contributed by atoms with E-state index in [1.54, 1.807) is 19.4 Å². The van der Waals surface area contributed by atoms with Crippen LogP contribution in [0.5, 0.6) is 11.5 Å². The Morgan fingerprint density at radius 2 is 1.89 bits per heavy atom. The van der Waals surface area contributed by atoms with Crippen LogP contribution in [0.15, 0.2) is 24.4 Å². The van der Waals surface area contributed by atoms with Crippen molar-refractivity contribution in [1.29, 1.82) is 0 Å². The molecule has 8 nitrogen and oxygen atoms in total. The minimum Gasteiger partial charge on any atom is -0.493 e. The highest BCUT2D eigenvalue weighted by Gasteiger charge is 2.16. The smallest absolute Gasteiger partial charge is 0.331 e. The first kappa shape index (κ1) is 21.0. The largest absolute Gasteiger partial charge is 0.493 e. The first-order chi connectivity index (χ1) is 13.1. The molecule has 150 valence electrons. The van der Waals surface area contributed by atoms with Crippen LogP contribution in [0, 0.1) is 0 Å². The van der Waals surface area contributed by atoms with Crippen LogP contribution in [0.3, 0.4) is 0 Å². The molecule has 0 aliphatic rings. The van der Waals surface area contributed by atoms with Gasteiger partial charge >= 0.3 is 5.97 Å². The Hall–Kier alpha value is -3.29. The molecule has 0 aliphatic heterocycles. The van der Waals surface area contributed by atoms with Crippen LogP contribution in [0.25, 0.3) is 6.08 Å². The number of nitrogens with zero attached hydrogens (tertiary/aromatic N) is 2. The van der Waals surface area contributed by atoms with Gasteiger partial charge in [-0.2, -0.15) is 4.98 Å². The molecule has 0 unspecified atom stereocenters. The summed E-state index contributed by atoms with van der Waals surface area (Å²) < 4.78 is 16.2. The van der Waals surface area contributed by atoms with Crippen molar-refractivity contribution in [3.63, 3.8) is 0 Å². The van der Waals surface area contributed by atoms with E-state index in [-0.39, 0.29) is 5.95 Å². The SMILES string of the molecule is COc1cc(Cc2cnc(N)nc2N)cc(C=CC(=O)OC(C)(C)C)c1OC. The predicted molar refractivity (Wildman–Crippen MR) is 108 cm³/mol. The van der Waals surface area contributed by atoms with E-state index in [9.17, 15) is 4.79 Å². The van der Waals surface area contributed by atoms with Crippen molar-refractivity contribution in [2.24, 2.45) is 0 Å². The average molecular weight is 386 g/mol. The zero-order valence-corrected chi connectivity index (χ0v) is 16.8. The van der Waals surface area contributed by atoms with Crippen LogP contribution in [0.2, 0.25) is 0 Å². The van der Waals surface area contributed by atoms with Gasteiger partial charge in [0.1, 0.15) is 11.4 Å². The minimum atomic E-state index is -0.572. The van der Waals surface area contributed by atoms with Crippen molar-refractivity contribution in [3.05, 3.63) is 41.1 Å². The highest BCUT2D eigenvalue weighted by molar-refractivity contribution is 5.88. The van der Waals surface area contributed by atoms with Gasteiger partial charge in [-0.05, 0) is 44.5 Å². The van der Waals surface area contributed by atoms with Gasteiger partial charge in [-0.3, -0.25) is 0 Å². The molecule has 0 amide bonds. The Labute approximate surface area is 164 Å². The summed E-state index contributed by atoms with van der Waals surface area (Å²) in [4.78, 5) is 20.0. The number of rotatable bonds is 6. The quantitative estimate of drug-likeness (QED) is 0.574. The molecule has 28 heavy (non-hydrogen) atoms. The third kappa shape index (κ3) is 5.60.